The average Bonchev–Trinajstić information content (AvgIpc) is 3.04. The lowest BCUT2D eigenvalue weighted by Crippen LogP contribution is -2.01. The highest BCUT2D eigenvalue weighted by atomic mass is 79.9. The number of rotatable bonds is 4. The number of aromatic amines is 1. The zero-order valence-corrected chi connectivity index (χ0v) is 15.1. The van der Waals surface area contributed by atoms with Gasteiger partial charge in [0, 0.05) is 22.7 Å². The van der Waals surface area contributed by atoms with Crippen molar-refractivity contribution in [2.45, 2.75) is 0 Å². The van der Waals surface area contributed by atoms with Crippen molar-refractivity contribution in [1.29, 1.82) is 5.26 Å². The number of phenols is 1. The van der Waals surface area contributed by atoms with Crippen LogP contribution in [0.4, 0.5) is 4.39 Å². The molecule has 0 bridgehead atoms. The second-order valence-electron chi connectivity index (χ2n) is 5.44. The van der Waals surface area contributed by atoms with Gasteiger partial charge in [0.05, 0.1) is 11.6 Å². The molecule has 3 rings (SSSR count). The maximum absolute atomic E-state index is 13.3. The van der Waals surface area contributed by atoms with E-state index in [-0.39, 0.29) is 22.6 Å². The molecule has 5 nitrogen and oxygen atoms in total. The molecule has 0 aliphatic carbocycles. The van der Waals surface area contributed by atoms with Crippen molar-refractivity contribution in [3.8, 4) is 17.6 Å². The van der Waals surface area contributed by atoms with Crippen LogP contribution < -0.4 is 4.74 Å². The van der Waals surface area contributed by atoms with Crippen LogP contribution in [0.2, 0.25) is 0 Å². The number of carbonyl (C=O) groups is 1. The number of allylic oxidation sites excluding steroid dienone is 1. The number of aromatic hydroxyl groups is 1. The van der Waals surface area contributed by atoms with Gasteiger partial charge in [-0.1, -0.05) is 0 Å². The lowest BCUT2D eigenvalue weighted by atomic mass is 10.0. The molecule has 0 aliphatic rings. The molecule has 1 heterocycles. The van der Waals surface area contributed by atoms with Crippen molar-refractivity contribution in [3.63, 3.8) is 0 Å². The summed E-state index contributed by atoms with van der Waals surface area (Å²) in [4.78, 5) is 15.6. The number of H-pyrrole nitrogens is 1. The molecule has 0 aliphatic heterocycles. The fourth-order valence-corrected chi connectivity index (χ4v) is 3.04. The van der Waals surface area contributed by atoms with Gasteiger partial charge in [-0.25, -0.2) is 4.39 Å². The van der Waals surface area contributed by atoms with E-state index >= 15 is 0 Å². The topological polar surface area (TPSA) is 86.1 Å². The number of hydrogen-bond donors (Lipinski definition) is 2. The second-order valence-corrected chi connectivity index (χ2v) is 6.30. The van der Waals surface area contributed by atoms with Crippen molar-refractivity contribution in [2.24, 2.45) is 0 Å². The van der Waals surface area contributed by atoms with Gasteiger partial charge >= 0.3 is 0 Å². The van der Waals surface area contributed by atoms with Gasteiger partial charge in [-0.05, 0) is 57.9 Å². The van der Waals surface area contributed by atoms with E-state index in [0.717, 1.165) is 0 Å². The van der Waals surface area contributed by atoms with E-state index < -0.39 is 11.6 Å². The van der Waals surface area contributed by atoms with Crippen molar-refractivity contribution in [2.75, 3.05) is 7.11 Å². The molecule has 0 spiro atoms. The number of methoxy groups -OCH3 is 1. The molecule has 0 fully saturated rings. The molecule has 3 aromatic rings. The smallest absolute Gasteiger partial charge is 0.205 e. The van der Waals surface area contributed by atoms with Crippen LogP contribution in [0.15, 0.2) is 46.6 Å². The normalized spacial score (nSPS) is 11.4. The third kappa shape index (κ3) is 3.19. The number of carbonyl (C=O) groups excluding carboxylic acids is 1. The third-order valence-electron chi connectivity index (χ3n) is 3.84. The Bertz CT molecular complexity index is 1100. The van der Waals surface area contributed by atoms with Crippen molar-refractivity contribution in [1.82, 2.24) is 4.98 Å². The molecule has 2 N–H and O–H groups in total. The van der Waals surface area contributed by atoms with E-state index in [0.29, 0.717) is 20.9 Å². The lowest BCUT2D eigenvalue weighted by Gasteiger charge is -2.07. The molecule has 7 heteroatoms. The number of ether oxygens (including phenoxy) is 1. The zero-order chi connectivity index (χ0) is 18.8. The van der Waals surface area contributed by atoms with E-state index in [2.05, 4.69) is 20.9 Å². The van der Waals surface area contributed by atoms with Crippen LogP contribution in [0.1, 0.15) is 15.9 Å². The number of nitriles is 1. The van der Waals surface area contributed by atoms with Crippen LogP contribution in [0.25, 0.3) is 17.0 Å². The van der Waals surface area contributed by atoms with Crippen molar-refractivity contribution < 1.29 is 19.0 Å². The Kier molecular flexibility index (Phi) is 4.78. The summed E-state index contributed by atoms with van der Waals surface area (Å²) in [6, 6.07) is 8.99. The quantitative estimate of drug-likeness (QED) is 0.371. The Morgan fingerprint density at radius 3 is 2.85 bits per heavy atom. The number of ketones is 1. The minimum absolute atomic E-state index is 0.0758. The van der Waals surface area contributed by atoms with Crippen LogP contribution in [-0.2, 0) is 0 Å². The summed E-state index contributed by atoms with van der Waals surface area (Å²) in [6.45, 7) is 0. The van der Waals surface area contributed by atoms with Crippen molar-refractivity contribution in [3.05, 3.63) is 63.5 Å². The predicted octanol–water partition coefficient (Wildman–Crippen LogP) is 4.57. The van der Waals surface area contributed by atoms with Gasteiger partial charge in [-0.2, -0.15) is 5.26 Å². The van der Waals surface area contributed by atoms with Gasteiger partial charge in [0.2, 0.25) is 5.78 Å². The summed E-state index contributed by atoms with van der Waals surface area (Å²) in [5, 5.41) is 19.8. The Morgan fingerprint density at radius 1 is 1.38 bits per heavy atom. The summed E-state index contributed by atoms with van der Waals surface area (Å²) in [5.74, 6) is -0.782. The molecule has 26 heavy (non-hydrogen) atoms. The second kappa shape index (κ2) is 7.02. The van der Waals surface area contributed by atoms with E-state index in [1.807, 2.05) is 6.07 Å². The van der Waals surface area contributed by atoms with Gasteiger partial charge < -0.3 is 14.8 Å². The fourth-order valence-electron chi connectivity index (χ4n) is 2.58. The molecule has 0 saturated heterocycles. The maximum atomic E-state index is 13.3. The van der Waals surface area contributed by atoms with Gasteiger partial charge in [-0.3, -0.25) is 4.79 Å². The van der Waals surface area contributed by atoms with Crippen LogP contribution in [-0.4, -0.2) is 23.0 Å². The lowest BCUT2D eigenvalue weighted by molar-refractivity contribution is 0.104. The molecule has 0 atom stereocenters. The van der Waals surface area contributed by atoms with Crippen molar-refractivity contribution >= 4 is 38.7 Å². The van der Waals surface area contributed by atoms with E-state index in [4.69, 9.17) is 4.74 Å². The first-order chi connectivity index (χ1) is 12.4. The first-order valence-electron chi connectivity index (χ1n) is 7.44. The molecule has 0 unspecified atom stereocenters. The highest BCUT2D eigenvalue weighted by molar-refractivity contribution is 9.10. The summed E-state index contributed by atoms with van der Waals surface area (Å²) >= 11 is 3.20. The minimum atomic E-state index is -0.492. The number of aromatic nitrogens is 1. The Hall–Kier alpha value is -3.11. The van der Waals surface area contributed by atoms with E-state index in [1.165, 1.54) is 43.6 Å². The van der Waals surface area contributed by atoms with Crippen LogP contribution in [0, 0.1) is 17.1 Å². The Balaban J connectivity index is 2.05. The molecule has 2 aromatic carbocycles. The van der Waals surface area contributed by atoms with Gasteiger partial charge in [0.15, 0.2) is 11.5 Å². The number of hydrogen-bond acceptors (Lipinski definition) is 4. The number of fused-ring (bicyclic) bond motifs is 1. The van der Waals surface area contributed by atoms with Crippen LogP contribution in [0.5, 0.6) is 11.5 Å². The molecule has 0 amide bonds. The third-order valence-corrected chi connectivity index (χ3v) is 4.44. The average molecular weight is 415 g/mol. The summed E-state index contributed by atoms with van der Waals surface area (Å²) in [7, 11) is 1.40. The molecule has 130 valence electrons. The first-order valence-corrected chi connectivity index (χ1v) is 8.23. The number of phenolic OH excluding ortho intramolecular Hbond substituents is 1. The zero-order valence-electron chi connectivity index (χ0n) is 13.5. The monoisotopic (exact) mass is 414 g/mol. The van der Waals surface area contributed by atoms with Gasteiger partial charge in [0.25, 0.3) is 0 Å². The number of benzene rings is 2. The molecular weight excluding hydrogens is 403 g/mol. The summed E-state index contributed by atoms with van der Waals surface area (Å²) in [6.07, 6.45) is 2.85. The van der Waals surface area contributed by atoms with Crippen LogP contribution in [0.3, 0.4) is 0 Å². The van der Waals surface area contributed by atoms with Gasteiger partial charge in [0.1, 0.15) is 17.5 Å². The Labute approximate surface area is 156 Å². The molecular formula is C19H12BrFN2O3. The van der Waals surface area contributed by atoms with E-state index in [9.17, 15) is 19.6 Å². The highest BCUT2D eigenvalue weighted by Crippen LogP contribution is 2.36. The van der Waals surface area contributed by atoms with Crippen LogP contribution >= 0.6 is 15.9 Å². The first kappa shape index (κ1) is 17.7. The summed E-state index contributed by atoms with van der Waals surface area (Å²) < 4.78 is 18.7. The largest absolute Gasteiger partial charge is 0.503 e. The predicted molar refractivity (Wildman–Crippen MR) is 98.5 cm³/mol. The number of nitrogens with zero attached hydrogens (tertiary/aromatic N) is 1. The van der Waals surface area contributed by atoms with E-state index in [1.54, 1.807) is 6.07 Å². The standard InChI is InChI=1S/C19H12BrFN2O3/c1-26-17-6-10(5-15(20)19(17)25)4-11(8-22)18(24)14-9-23-16-7-12(21)2-3-13(14)16/h2-7,9,23,25H,1H3. The molecule has 0 saturated carbocycles. The Morgan fingerprint density at radius 2 is 2.15 bits per heavy atom. The number of halogens is 2. The fraction of sp³-hybridized carbons (Fsp3) is 0.0526. The molecule has 0 radical (unpaired) electrons. The molecule has 1 aromatic heterocycles. The highest BCUT2D eigenvalue weighted by Gasteiger charge is 2.18. The van der Waals surface area contributed by atoms with Gasteiger partial charge in [-0.15, -0.1) is 0 Å². The SMILES string of the molecule is COc1cc(C=C(C#N)C(=O)c2c[nH]c3cc(F)ccc23)cc(Br)c1O. The summed E-state index contributed by atoms with van der Waals surface area (Å²) in [5.41, 5.74) is 1.15. The number of Topliss-reactive ketones (excluding diaryl/α,β-unsaturated/α-hetero) is 1. The number of nitrogens with one attached hydrogen (secondary N) is 1. The minimum Gasteiger partial charge on any atom is -0.503 e. The maximum Gasteiger partial charge on any atom is 0.205 e.